The highest BCUT2D eigenvalue weighted by Gasteiger charge is 2.30. The second-order valence-electron chi connectivity index (χ2n) is 8.45. The summed E-state index contributed by atoms with van der Waals surface area (Å²) < 4.78 is 5.76. The molecule has 0 aliphatic carbocycles. The molecule has 4 bridgehead atoms. The number of nitrogens with one attached hydrogen (secondary N) is 3. The zero-order chi connectivity index (χ0) is 25.0. The van der Waals surface area contributed by atoms with Crippen LogP contribution in [0.25, 0.3) is 0 Å². The van der Waals surface area contributed by atoms with Gasteiger partial charge in [0.05, 0.1) is 5.56 Å². The molecule has 180 valence electrons. The van der Waals surface area contributed by atoms with Crippen LogP contribution in [0.5, 0.6) is 17.2 Å². The molecular weight excluding hydrogens is 442 g/mol. The molecule has 3 atom stereocenters. The molecule has 3 amide bonds. The lowest BCUT2D eigenvalue weighted by atomic mass is 10.0. The van der Waals surface area contributed by atoms with Crippen LogP contribution in [0.15, 0.2) is 42.5 Å². The smallest absolute Gasteiger partial charge is 0.326 e. The molecular formula is C24H27N3O7. The van der Waals surface area contributed by atoms with Crippen molar-refractivity contribution in [2.24, 2.45) is 5.92 Å². The van der Waals surface area contributed by atoms with Crippen LogP contribution in [0.1, 0.15) is 36.7 Å². The van der Waals surface area contributed by atoms with Crippen LogP contribution in [-0.4, -0.2) is 52.0 Å². The number of phenolic OH excluding ortho intramolecular Hbond substituents is 1. The molecule has 0 saturated carbocycles. The van der Waals surface area contributed by atoms with E-state index < -0.39 is 41.8 Å². The number of carboxylic acids is 1. The van der Waals surface area contributed by atoms with Crippen molar-refractivity contribution in [2.45, 2.75) is 45.3 Å². The van der Waals surface area contributed by atoms with Crippen LogP contribution >= 0.6 is 0 Å². The maximum atomic E-state index is 12.9. The fourth-order valence-electron chi connectivity index (χ4n) is 3.45. The van der Waals surface area contributed by atoms with Crippen molar-refractivity contribution in [3.8, 4) is 17.2 Å². The molecule has 10 nitrogen and oxygen atoms in total. The van der Waals surface area contributed by atoms with E-state index >= 15 is 0 Å². The summed E-state index contributed by atoms with van der Waals surface area (Å²) in [4.78, 5) is 50.0. The van der Waals surface area contributed by atoms with E-state index in [-0.39, 0.29) is 29.4 Å². The molecule has 5 N–H and O–H groups in total. The van der Waals surface area contributed by atoms with Gasteiger partial charge in [-0.25, -0.2) is 4.79 Å². The maximum absolute atomic E-state index is 12.9. The van der Waals surface area contributed by atoms with Gasteiger partial charge >= 0.3 is 5.97 Å². The summed E-state index contributed by atoms with van der Waals surface area (Å²) in [5.74, 6) is -3.15. The second kappa shape index (κ2) is 10.2. The van der Waals surface area contributed by atoms with E-state index in [4.69, 9.17) is 4.74 Å². The first-order valence-electron chi connectivity index (χ1n) is 10.8. The molecule has 0 unspecified atom stereocenters. The summed E-state index contributed by atoms with van der Waals surface area (Å²) in [6.45, 7) is 4.85. The van der Waals surface area contributed by atoms with Crippen LogP contribution in [0, 0.1) is 5.92 Å². The minimum atomic E-state index is -1.22. The van der Waals surface area contributed by atoms with Crippen molar-refractivity contribution >= 4 is 23.7 Å². The number of amides is 3. The van der Waals surface area contributed by atoms with Crippen LogP contribution < -0.4 is 20.7 Å². The Morgan fingerprint density at radius 1 is 0.971 bits per heavy atom. The molecule has 2 heterocycles. The average Bonchev–Trinajstić information content (AvgIpc) is 2.78. The quantitative estimate of drug-likeness (QED) is 0.418. The number of fused-ring (bicyclic) bond motifs is 11. The van der Waals surface area contributed by atoms with Crippen molar-refractivity contribution in [2.75, 3.05) is 0 Å². The summed E-state index contributed by atoms with van der Waals surface area (Å²) in [5.41, 5.74) is 0.562. The van der Waals surface area contributed by atoms with Crippen molar-refractivity contribution in [1.29, 1.82) is 0 Å². The highest BCUT2D eigenvalue weighted by atomic mass is 16.5. The summed E-state index contributed by atoms with van der Waals surface area (Å²) in [5, 5.41) is 27.3. The highest BCUT2D eigenvalue weighted by Crippen LogP contribution is 2.28. The zero-order valence-electron chi connectivity index (χ0n) is 19.0. The van der Waals surface area contributed by atoms with E-state index in [1.807, 2.05) is 0 Å². The molecule has 2 aromatic carbocycles. The summed E-state index contributed by atoms with van der Waals surface area (Å²) in [6, 6.07) is 7.44. The molecule has 10 heteroatoms. The van der Waals surface area contributed by atoms with Gasteiger partial charge in [-0.2, -0.15) is 0 Å². The Morgan fingerprint density at radius 2 is 1.62 bits per heavy atom. The predicted octanol–water partition coefficient (Wildman–Crippen LogP) is 1.57. The van der Waals surface area contributed by atoms with Crippen molar-refractivity contribution in [1.82, 2.24) is 16.0 Å². The van der Waals surface area contributed by atoms with Gasteiger partial charge in [0.15, 0.2) is 0 Å². The number of benzene rings is 2. The Bertz CT molecular complexity index is 1100. The zero-order valence-corrected chi connectivity index (χ0v) is 19.0. The summed E-state index contributed by atoms with van der Waals surface area (Å²) in [6.07, 6.45) is 0.0239. The minimum absolute atomic E-state index is 0.0239. The molecule has 2 aliphatic rings. The van der Waals surface area contributed by atoms with Gasteiger partial charge in [-0.15, -0.1) is 0 Å². The van der Waals surface area contributed by atoms with E-state index in [9.17, 15) is 29.4 Å². The normalized spacial score (nSPS) is 21.5. The number of aromatic hydroxyl groups is 1. The summed E-state index contributed by atoms with van der Waals surface area (Å²) >= 11 is 0. The van der Waals surface area contributed by atoms with Gasteiger partial charge in [0.1, 0.15) is 35.4 Å². The summed E-state index contributed by atoms with van der Waals surface area (Å²) in [7, 11) is 0. The highest BCUT2D eigenvalue weighted by molar-refractivity contribution is 6.00. The number of rotatable bonds is 2. The number of hydrogen-bond donors (Lipinski definition) is 5. The molecule has 34 heavy (non-hydrogen) atoms. The first-order valence-corrected chi connectivity index (χ1v) is 10.8. The Hall–Kier alpha value is -4.08. The van der Waals surface area contributed by atoms with Gasteiger partial charge in [-0.1, -0.05) is 26.0 Å². The van der Waals surface area contributed by atoms with Gasteiger partial charge in [0, 0.05) is 6.42 Å². The third-order valence-corrected chi connectivity index (χ3v) is 5.41. The van der Waals surface area contributed by atoms with E-state index in [0.717, 1.165) is 0 Å². The topological polar surface area (TPSA) is 154 Å². The third-order valence-electron chi connectivity index (χ3n) is 5.41. The Labute approximate surface area is 196 Å². The maximum Gasteiger partial charge on any atom is 0.326 e. The lowest BCUT2D eigenvalue weighted by molar-refractivity contribution is -0.142. The van der Waals surface area contributed by atoms with Crippen LogP contribution in [0.4, 0.5) is 0 Å². The monoisotopic (exact) mass is 469 g/mol. The van der Waals surface area contributed by atoms with Crippen molar-refractivity contribution in [3.05, 3.63) is 53.6 Å². The van der Waals surface area contributed by atoms with Crippen LogP contribution in [0.2, 0.25) is 0 Å². The van der Waals surface area contributed by atoms with Gasteiger partial charge in [-0.05, 0) is 48.7 Å². The van der Waals surface area contributed by atoms with Crippen LogP contribution in [-0.2, 0) is 20.8 Å². The second-order valence-corrected chi connectivity index (χ2v) is 8.45. The van der Waals surface area contributed by atoms with Gasteiger partial charge in [0.2, 0.25) is 11.8 Å². The number of carbonyl (C=O) groups is 4. The lowest BCUT2D eigenvalue weighted by Crippen LogP contribution is -2.56. The third kappa shape index (κ3) is 5.83. The fourth-order valence-corrected chi connectivity index (χ4v) is 3.45. The van der Waals surface area contributed by atoms with Crippen LogP contribution in [0.3, 0.4) is 0 Å². The number of phenols is 1. The number of hydrogen-bond acceptors (Lipinski definition) is 6. The first-order chi connectivity index (χ1) is 16.0. The van der Waals surface area contributed by atoms with E-state index in [0.29, 0.717) is 11.3 Å². The fraction of sp³-hybridized carbons (Fsp3) is 0.333. The molecule has 0 saturated heterocycles. The molecule has 4 rings (SSSR count). The van der Waals surface area contributed by atoms with E-state index in [1.54, 1.807) is 38.1 Å². The average molecular weight is 469 g/mol. The van der Waals surface area contributed by atoms with Crippen molar-refractivity contribution < 1.29 is 34.1 Å². The van der Waals surface area contributed by atoms with E-state index in [1.165, 1.54) is 25.1 Å². The molecule has 0 aromatic heterocycles. The number of carbonyl (C=O) groups excluding carboxylic acids is 3. The van der Waals surface area contributed by atoms with Gasteiger partial charge in [-0.3, -0.25) is 14.4 Å². The Balaban J connectivity index is 2.01. The predicted molar refractivity (Wildman–Crippen MR) is 122 cm³/mol. The Morgan fingerprint density at radius 3 is 2.24 bits per heavy atom. The van der Waals surface area contributed by atoms with Gasteiger partial charge in [0.25, 0.3) is 5.91 Å². The van der Waals surface area contributed by atoms with Crippen molar-refractivity contribution in [3.63, 3.8) is 0 Å². The minimum Gasteiger partial charge on any atom is -0.507 e. The number of ether oxygens (including phenoxy) is 1. The molecule has 0 fully saturated rings. The first kappa shape index (κ1) is 24.6. The lowest BCUT2D eigenvalue weighted by Gasteiger charge is -2.25. The molecule has 2 aromatic rings. The molecule has 0 radical (unpaired) electrons. The molecule has 0 spiro atoms. The number of carboxylic acid groups (broad SMARTS) is 1. The molecule has 2 aliphatic heterocycles. The SMILES string of the molecule is CC(C)[C@@H]1NC(=O)c2cc(ccc2O)Oc2ccc(cc2)C[C@H](C(=O)O)NC(=O)[C@H](C)NC1=O. The van der Waals surface area contributed by atoms with Gasteiger partial charge < -0.3 is 30.9 Å². The number of aliphatic carboxylic acids is 1. The largest absolute Gasteiger partial charge is 0.507 e. The Kier molecular flexibility index (Phi) is 7.40. The van der Waals surface area contributed by atoms with E-state index in [2.05, 4.69) is 16.0 Å². The standard InChI is InChI=1S/C24H27N3O7/c1-12(2)20-23(31)25-13(3)21(29)26-18(24(32)33)10-14-4-6-15(7-5-14)34-16-8-9-19(28)17(11-16)22(30)27-20/h4-9,11-13,18,20,28H,10H2,1-3H3,(H,25,31)(H,26,29)(H,27,30)(H,32,33)/t13-,18+,20-/m0/s1.